The second-order valence-electron chi connectivity index (χ2n) is 6.33. The van der Waals surface area contributed by atoms with Crippen LogP contribution in [0, 0.1) is 0 Å². The molecule has 1 aliphatic heterocycles. The van der Waals surface area contributed by atoms with Gasteiger partial charge < -0.3 is 10.6 Å². The fourth-order valence-electron chi connectivity index (χ4n) is 3.25. The number of piperidine rings is 1. The third kappa shape index (κ3) is 4.16. The third-order valence-corrected chi connectivity index (χ3v) is 4.48. The zero-order chi connectivity index (χ0) is 16.2. The minimum atomic E-state index is -0.00128. The molecule has 0 aliphatic carbocycles. The van der Waals surface area contributed by atoms with E-state index in [1.54, 1.807) is 6.20 Å². The Morgan fingerprint density at radius 1 is 1.33 bits per heavy atom. The van der Waals surface area contributed by atoms with Crippen LogP contribution >= 0.6 is 12.4 Å². The summed E-state index contributed by atoms with van der Waals surface area (Å²) in [6, 6.07) is 10.2. The summed E-state index contributed by atoms with van der Waals surface area (Å²) in [6.07, 6.45) is 6.68. The van der Waals surface area contributed by atoms with Crippen LogP contribution in [0.2, 0.25) is 0 Å². The average Bonchev–Trinajstić information content (AvgIpc) is 3.03. The lowest BCUT2D eigenvalue weighted by molar-refractivity contribution is 0.0583. The topological polar surface area (TPSA) is 64.2 Å². The molecule has 2 unspecified atom stereocenters. The van der Waals surface area contributed by atoms with Gasteiger partial charge in [0, 0.05) is 24.8 Å². The van der Waals surface area contributed by atoms with Crippen LogP contribution in [0.1, 0.15) is 42.1 Å². The Bertz CT molecular complexity index is 656. The average molecular weight is 349 g/mol. The second-order valence-corrected chi connectivity index (χ2v) is 6.33. The van der Waals surface area contributed by atoms with Crippen molar-refractivity contribution < 1.29 is 4.79 Å². The van der Waals surface area contributed by atoms with E-state index in [2.05, 4.69) is 17.2 Å². The van der Waals surface area contributed by atoms with Gasteiger partial charge in [0.1, 0.15) is 0 Å². The van der Waals surface area contributed by atoms with Crippen LogP contribution in [0.25, 0.3) is 0 Å². The maximum Gasteiger partial charge on any atom is 0.257 e. The molecule has 5 nitrogen and oxygen atoms in total. The molecule has 0 radical (unpaired) electrons. The van der Waals surface area contributed by atoms with Crippen molar-refractivity contribution in [3.8, 4) is 0 Å². The van der Waals surface area contributed by atoms with Gasteiger partial charge in [0.15, 0.2) is 0 Å². The van der Waals surface area contributed by atoms with Crippen LogP contribution in [0.3, 0.4) is 0 Å². The lowest BCUT2D eigenvalue weighted by Gasteiger charge is -2.37. The minimum Gasteiger partial charge on any atom is -0.334 e. The molecule has 2 heterocycles. The number of likely N-dealkylation sites (tertiary alicyclic amines) is 1. The van der Waals surface area contributed by atoms with Crippen molar-refractivity contribution in [2.75, 3.05) is 6.54 Å². The van der Waals surface area contributed by atoms with Crippen molar-refractivity contribution in [1.82, 2.24) is 14.7 Å². The van der Waals surface area contributed by atoms with Gasteiger partial charge in [-0.1, -0.05) is 30.3 Å². The van der Waals surface area contributed by atoms with Crippen molar-refractivity contribution in [2.45, 2.75) is 44.8 Å². The van der Waals surface area contributed by atoms with Gasteiger partial charge in [0.2, 0.25) is 0 Å². The smallest absolute Gasteiger partial charge is 0.257 e. The zero-order valence-electron chi connectivity index (χ0n) is 14.0. The van der Waals surface area contributed by atoms with Crippen LogP contribution in [0.5, 0.6) is 0 Å². The van der Waals surface area contributed by atoms with Crippen LogP contribution in [-0.2, 0) is 6.54 Å². The van der Waals surface area contributed by atoms with Crippen molar-refractivity contribution in [1.29, 1.82) is 0 Å². The molecule has 0 bridgehead atoms. The largest absolute Gasteiger partial charge is 0.334 e. The standard InChI is InChI=1S/C18H24N4O.ClH/c1-14(19)17-9-5-6-10-22(17)18(23)16-11-20-21(13-16)12-15-7-3-2-4-8-15;/h2-4,7-8,11,13-14,17H,5-6,9-10,12,19H2,1H3;1H. The van der Waals surface area contributed by atoms with Crippen LogP contribution < -0.4 is 5.73 Å². The number of halogens is 1. The number of nitrogens with two attached hydrogens (primary N) is 1. The molecular formula is C18H25ClN4O. The lowest BCUT2D eigenvalue weighted by atomic mass is 9.96. The summed E-state index contributed by atoms with van der Waals surface area (Å²) in [7, 11) is 0. The van der Waals surface area contributed by atoms with Gasteiger partial charge >= 0.3 is 0 Å². The molecule has 0 spiro atoms. The monoisotopic (exact) mass is 348 g/mol. The first-order valence-corrected chi connectivity index (χ1v) is 8.28. The molecule has 130 valence electrons. The Kier molecular flexibility index (Phi) is 6.40. The molecular weight excluding hydrogens is 324 g/mol. The molecule has 1 aliphatic rings. The summed E-state index contributed by atoms with van der Waals surface area (Å²) in [6.45, 7) is 3.44. The van der Waals surface area contributed by atoms with E-state index in [-0.39, 0.29) is 30.4 Å². The van der Waals surface area contributed by atoms with Crippen molar-refractivity contribution in [2.24, 2.45) is 5.73 Å². The second kappa shape index (κ2) is 8.31. The van der Waals surface area contributed by atoms with E-state index in [0.717, 1.165) is 25.8 Å². The van der Waals surface area contributed by atoms with E-state index < -0.39 is 0 Å². The molecule has 24 heavy (non-hydrogen) atoms. The van der Waals surface area contributed by atoms with Gasteiger partial charge in [-0.2, -0.15) is 5.10 Å². The molecule has 3 rings (SSSR count). The number of aromatic nitrogens is 2. The highest BCUT2D eigenvalue weighted by atomic mass is 35.5. The third-order valence-electron chi connectivity index (χ3n) is 4.48. The minimum absolute atomic E-state index is 0. The van der Waals surface area contributed by atoms with Gasteiger partial charge in [-0.05, 0) is 31.7 Å². The quantitative estimate of drug-likeness (QED) is 0.923. The fraction of sp³-hybridized carbons (Fsp3) is 0.444. The normalized spacial score (nSPS) is 18.8. The van der Waals surface area contributed by atoms with Crippen LogP contribution in [0.4, 0.5) is 0 Å². The number of rotatable bonds is 4. The van der Waals surface area contributed by atoms with E-state index in [4.69, 9.17) is 5.73 Å². The molecule has 1 aromatic heterocycles. The maximum atomic E-state index is 12.8. The van der Waals surface area contributed by atoms with Gasteiger partial charge in [-0.3, -0.25) is 9.48 Å². The zero-order valence-corrected chi connectivity index (χ0v) is 14.8. The number of nitrogens with zero attached hydrogens (tertiary/aromatic N) is 3. The number of hydrogen-bond acceptors (Lipinski definition) is 3. The lowest BCUT2D eigenvalue weighted by Crippen LogP contribution is -2.51. The van der Waals surface area contributed by atoms with Crippen molar-refractivity contribution in [3.63, 3.8) is 0 Å². The van der Waals surface area contributed by atoms with Crippen LogP contribution in [0.15, 0.2) is 42.7 Å². The SMILES string of the molecule is CC(N)C1CCCCN1C(=O)c1cnn(Cc2ccccc2)c1.Cl. The number of hydrogen-bond donors (Lipinski definition) is 1. The summed E-state index contributed by atoms with van der Waals surface area (Å²) in [5.74, 6) is 0.0475. The maximum absolute atomic E-state index is 12.8. The summed E-state index contributed by atoms with van der Waals surface area (Å²) in [4.78, 5) is 14.7. The Labute approximate surface area is 149 Å². The first-order chi connectivity index (χ1) is 11.1. The van der Waals surface area contributed by atoms with Crippen molar-refractivity contribution in [3.05, 3.63) is 53.9 Å². The number of carbonyl (C=O) groups excluding carboxylic acids is 1. The first-order valence-electron chi connectivity index (χ1n) is 8.28. The van der Waals surface area contributed by atoms with E-state index in [1.807, 2.05) is 40.9 Å². The van der Waals surface area contributed by atoms with E-state index in [9.17, 15) is 4.79 Å². The summed E-state index contributed by atoms with van der Waals surface area (Å²) < 4.78 is 1.81. The predicted molar refractivity (Wildman–Crippen MR) is 97.3 cm³/mol. The van der Waals surface area contributed by atoms with Gasteiger partial charge in [0.05, 0.1) is 18.3 Å². The Balaban J connectivity index is 0.00000208. The number of amides is 1. The molecule has 6 heteroatoms. The number of benzene rings is 1. The molecule has 2 aromatic rings. The molecule has 1 amide bonds. The van der Waals surface area contributed by atoms with E-state index in [0.29, 0.717) is 12.1 Å². The highest BCUT2D eigenvalue weighted by Crippen LogP contribution is 2.21. The Morgan fingerprint density at radius 3 is 2.79 bits per heavy atom. The molecule has 0 saturated carbocycles. The van der Waals surface area contributed by atoms with Crippen molar-refractivity contribution >= 4 is 18.3 Å². The highest BCUT2D eigenvalue weighted by Gasteiger charge is 2.30. The molecule has 2 N–H and O–H groups in total. The van der Waals surface area contributed by atoms with E-state index in [1.165, 1.54) is 5.56 Å². The highest BCUT2D eigenvalue weighted by molar-refractivity contribution is 5.94. The van der Waals surface area contributed by atoms with Crippen LogP contribution in [-0.4, -0.2) is 39.2 Å². The Hall–Kier alpha value is -1.85. The summed E-state index contributed by atoms with van der Waals surface area (Å²) in [5, 5.41) is 4.34. The summed E-state index contributed by atoms with van der Waals surface area (Å²) >= 11 is 0. The summed E-state index contributed by atoms with van der Waals surface area (Å²) in [5.41, 5.74) is 7.88. The van der Waals surface area contributed by atoms with Gasteiger partial charge in [-0.15, -0.1) is 12.4 Å². The molecule has 2 atom stereocenters. The Morgan fingerprint density at radius 2 is 2.08 bits per heavy atom. The predicted octanol–water partition coefficient (Wildman–Crippen LogP) is 2.70. The van der Waals surface area contributed by atoms with Gasteiger partial charge in [0.25, 0.3) is 5.91 Å². The molecule has 1 fully saturated rings. The fourth-order valence-corrected chi connectivity index (χ4v) is 3.25. The van der Waals surface area contributed by atoms with Gasteiger partial charge in [-0.25, -0.2) is 0 Å². The molecule has 1 saturated heterocycles. The molecule has 1 aromatic carbocycles. The number of carbonyl (C=O) groups is 1. The van der Waals surface area contributed by atoms with E-state index >= 15 is 0 Å². The first kappa shape index (κ1) is 18.5.